The Hall–Kier alpha value is -1.74. The summed E-state index contributed by atoms with van der Waals surface area (Å²) in [4.78, 5) is 14.0. The molecule has 2 aliphatic rings. The molecule has 1 fully saturated rings. The molecule has 0 unspecified atom stereocenters. The van der Waals surface area contributed by atoms with E-state index >= 15 is 0 Å². The Morgan fingerprint density at radius 1 is 1.32 bits per heavy atom. The Kier molecular flexibility index (Phi) is 4.48. The van der Waals surface area contributed by atoms with E-state index in [4.69, 9.17) is 0 Å². The summed E-state index contributed by atoms with van der Waals surface area (Å²) >= 11 is 0. The fourth-order valence-electron chi connectivity index (χ4n) is 3.22. The molecule has 0 atom stereocenters. The molecular formula is C16H21F2N3O3S. The number of rotatable bonds is 3. The molecule has 3 rings (SSSR count). The number of carbonyl (C=O) groups is 1. The SMILES string of the molecule is CN(C)S(=O)(=O)c1cccc2c1CCN(C(=O)NC1CC(F)(F)C1)C2. The van der Waals surface area contributed by atoms with Crippen LogP contribution in [0.5, 0.6) is 0 Å². The molecule has 1 N–H and O–H groups in total. The molecule has 0 saturated heterocycles. The molecule has 1 heterocycles. The Bertz CT molecular complexity index is 788. The van der Waals surface area contributed by atoms with Gasteiger partial charge in [0.2, 0.25) is 10.0 Å². The number of alkyl halides is 2. The van der Waals surface area contributed by atoms with Gasteiger partial charge < -0.3 is 10.2 Å². The van der Waals surface area contributed by atoms with E-state index in [1.165, 1.54) is 23.3 Å². The maximum Gasteiger partial charge on any atom is 0.317 e. The van der Waals surface area contributed by atoms with Gasteiger partial charge in [-0.2, -0.15) is 0 Å². The molecule has 1 saturated carbocycles. The second kappa shape index (κ2) is 6.21. The molecule has 25 heavy (non-hydrogen) atoms. The number of nitrogens with zero attached hydrogens (tertiary/aromatic N) is 2. The molecule has 1 aromatic rings. The lowest BCUT2D eigenvalue weighted by molar-refractivity contribution is -0.0903. The Morgan fingerprint density at radius 2 is 2.00 bits per heavy atom. The fraction of sp³-hybridized carbons (Fsp3) is 0.562. The zero-order valence-electron chi connectivity index (χ0n) is 14.1. The highest BCUT2D eigenvalue weighted by atomic mass is 32.2. The fourth-order valence-corrected chi connectivity index (χ4v) is 4.40. The number of sulfonamides is 1. The lowest BCUT2D eigenvalue weighted by Gasteiger charge is -2.38. The van der Waals surface area contributed by atoms with Gasteiger partial charge in [-0.3, -0.25) is 0 Å². The smallest absolute Gasteiger partial charge is 0.317 e. The van der Waals surface area contributed by atoms with E-state index in [9.17, 15) is 22.0 Å². The second-order valence-corrected chi connectivity index (χ2v) is 8.88. The van der Waals surface area contributed by atoms with Crippen molar-refractivity contribution in [2.75, 3.05) is 20.6 Å². The van der Waals surface area contributed by atoms with Crippen molar-refractivity contribution in [1.82, 2.24) is 14.5 Å². The summed E-state index contributed by atoms with van der Waals surface area (Å²) in [6.45, 7) is 0.614. The number of carbonyl (C=O) groups excluding carboxylic acids is 1. The van der Waals surface area contributed by atoms with Crippen LogP contribution in [0.2, 0.25) is 0 Å². The quantitative estimate of drug-likeness (QED) is 0.878. The van der Waals surface area contributed by atoms with Gasteiger partial charge in [-0.15, -0.1) is 0 Å². The maximum absolute atomic E-state index is 12.9. The first kappa shape index (κ1) is 18.1. The molecule has 6 nitrogen and oxygen atoms in total. The lowest BCUT2D eigenvalue weighted by atomic mass is 9.88. The lowest BCUT2D eigenvalue weighted by Crippen LogP contribution is -2.54. The predicted molar refractivity (Wildman–Crippen MR) is 87.9 cm³/mol. The topological polar surface area (TPSA) is 69.7 Å². The molecule has 0 aromatic heterocycles. The molecule has 0 bridgehead atoms. The van der Waals surface area contributed by atoms with Gasteiger partial charge in [-0.1, -0.05) is 12.1 Å². The van der Waals surface area contributed by atoms with Gasteiger partial charge in [0.15, 0.2) is 0 Å². The normalized spacial score (nSPS) is 20.1. The first-order valence-electron chi connectivity index (χ1n) is 8.07. The molecule has 0 spiro atoms. The van der Waals surface area contributed by atoms with Crippen LogP contribution in [0, 0.1) is 0 Å². The van der Waals surface area contributed by atoms with Crippen LogP contribution in [0.25, 0.3) is 0 Å². The minimum atomic E-state index is -3.55. The van der Waals surface area contributed by atoms with Crippen molar-refractivity contribution in [2.24, 2.45) is 0 Å². The average molecular weight is 373 g/mol. The predicted octanol–water partition coefficient (Wildman–Crippen LogP) is 1.80. The maximum atomic E-state index is 12.9. The highest BCUT2D eigenvalue weighted by Crippen LogP contribution is 2.37. The Labute approximate surface area is 145 Å². The summed E-state index contributed by atoms with van der Waals surface area (Å²) < 4.78 is 51.8. The summed E-state index contributed by atoms with van der Waals surface area (Å²) in [6, 6.07) is 4.14. The van der Waals surface area contributed by atoms with Crippen LogP contribution in [-0.4, -0.2) is 56.3 Å². The van der Waals surface area contributed by atoms with Crippen LogP contribution >= 0.6 is 0 Å². The summed E-state index contributed by atoms with van der Waals surface area (Å²) in [6.07, 6.45) is -0.240. The van der Waals surface area contributed by atoms with E-state index in [-0.39, 0.29) is 30.3 Å². The Morgan fingerprint density at radius 3 is 2.60 bits per heavy atom. The number of hydrogen-bond donors (Lipinski definition) is 1. The van der Waals surface area contributed by atoms with Crippen LogP contribution in [0.1, 0.15) is 24.0 Å². The molecule has 138 valence electrons. The molecule has 9 heteroatoms. The van der Waals surface area contributed by atoms with E-state index < -0.39 is 22.0 Å². The minimum absolute atomic E-state index is 0.258. The molecule has 1 aromatic carbocycles. The van der Waals surface area contributed by atoms with E-state index in [2.05, 4.69) is 5.32 Å². The standard InChI is InChI=1S/C16H21F2N3O3S/c1-20(2)25(23,24)14-5-3-4-11-10-21(7-6-13(11)14)15(22)19-12-8-16(17,18)9-12/h3-5,12H,6-10H2,1-2H3,(H,19,22). The molecular weight excluding hydrogens is 352 g/mol. The third-order valence-corrected chi connectivity index (χ3v) is 6.59. The van der Waals surface area contributed by atoms with Crippen molar-refractivity contribution in [3.05, 3.63) is 29.3 Å². The van der Waals surface area contributed by atoms with Crippen LogP contribution in [-0.2, 0) is 23.0 Å². The second-order valence-electron chi connectivity index (χ2n) is 6.76. The van der Waals surface area contributed by atoms with E-state index in [1.54, 1.807) is 18.2 Å². The van der Waals surface area contributed by atoms with Crippen molar-refractivity contribution < 1.29 is 22.0 Å². The largest absolute Gasteiger partial charge is 0.335 e. The van der Waals surface area contributed by atoms with Crippen molar-refractivity contribution in [3.63, 3.8) is 0 Å². The number of urea groups is 1. The van der Waals surface area contributed by atoms with Gasteiger partial charge in [0, 0.05) is 46.1 Å². The zero-order chi connectivity index (χ0) is 18.4. The molecule has 2 amide bonds. The van der Waals surface area contributed by atoms with Gasteiger partial charge in [-0.05, 0) is 23.6 Å². The zero-order valence-corrected chi connectivity index (χ0v) is 14.9. The number of benzene rings is 1. The highest BCUT2D eigenvalue weighted by Gasteiger charge is 2.46. The van der Waals surface area contributed by atoms with Gasteiger partial charge >= 0.3 is 6.03 Å². The van der Waals surface area contributed by atoms with Gasteiger partial charge in [-0.25, -0.2) is 26.3 Å². The van der Waals surface area contributed by atoms with Crippen molar-refractivity contribution >= 4 is 16.1 Å². The summed E-state index contributed by atoms with van der Waals surface area (Å²) in [5.41, 5.74) is 1.48. The number of hydrogen-bond acceptors (Lipinski definition) is 3. The number of nitrogens with one attached hydrogen (secondary N) is 1. The third-order valence-electron chi connectivity index (χ3n) is 4.69. The number of amides is 2. The van der Waals surface area contributed by atoms with Crippen molar-refractivity contribution in [3.8, 4) is 0 Å². The summed E-state index contributed by atoms with van der Waals surface area (Å²) in [5.74, 6) is -2.68. The van der Waals surface area contributed by atoms with Crippen molar-refractivity contribution in [1.29, 1.82) is 0 Å². The highest BCUT2D eigenvalue weighted by molar-refractivity contribution is 7.89. The van der Waals surface area contributed by atoms with E-state index in [0.29, 0.717) is 13.0 Å². The van der Waals surface area contributed by atoms with E-state index in [0.717, 1.165) is 11.1 Å². The van der Waals surface area contributed by atoms with Crippen molar-refractivity contribution in [2.45, 2.75) is 42.7 Å². The average Bonchev–Trinajstić information content (AvgIpc) is 2.51. The monoisotopic (exact) mass is 373 g/mol. The van der Waals surface area contributed by atoms with Crippen LogP contribution < -0.4 is 5.32 Å². The molecule has 0 radical (unpaired) electrons. The van der Waals surface area contributed by atoms with Gasteiger partial charge in [0.05, 0.1) is 4.90 Å². The van der Waals surface area contributed by atoms with Gasteiger partial charge in [0.25, 0.3) is 5.92 Å². The first-order valence-corrected chi connectivity index (χ1v) is 9.51. The van der Waals surface area contributed by atoms with Crippen LogP contribution in [0.3, 0.4) is 0 Å². The molecule has 1 aliphatic heterocycles. The molecule has 1 aliphatic carbocycles. The number of halogens is 2. The summed E-state index contributed by atoms with van der Waals surface area (Å²) in [5, 5.41) is 2.62. The number of fused-ring (bicyclic) bond motifs is 1. The van der Waals surface area contributed by atoms with E-state index in [1.807, 2.05) is 0 Å². The van der Waals surface area contributed by atoms with Crippen LogP contribution in [0.15, 0.2) is 23.1 Å². The summed E-state index contributed by atoms with van der Waals surface area (Å²) in [7, 11) is -0.596. The minimum Gasteiger partial charge on any atom is -0.335 e. The van der Waals surface area contributed by atoms with Gasteiger partial charge in [0.1, 0.15) is 0 Å². The van der Waals surface area contributed by atoms with Crippen LogP contribution in [0.4, 0.5) is 13.6 Å². The Balaban J connectivity index is 1.73. The first-order chi connectivity index (χ1) is 11.6. The third kappa shape index (κ3) is 3.48.